The molecule has 0 radical (unpaired) electrons. The molecule has 0 spiro atoms. The van der Waals surface area contributed by atoms with Crippen LogP contribution in [0.4, 0.5) is 0 Å². The summed E-state index contributed by atoms with van der Waals surface area (Å²) in [6, 6.07) is 6.99. The van der Waals surface area contributed by atoms with Crippen molar-refractivity contribution in [3.8, 4) is 0 Å². The Bertz CT molecular complexity index is 531. The average Bonchev–Trinajstić information content (AvgIpc) is 2.75. The van der Waals surface area contributed by atoms with Crippen LogP contribution in [0.1, 0.15) is 22.3 Å². The lowest BCUT2D eigenvalue weighted by Gasteiger charge is -2.14. The van der Waals surface area contributed by atoms with Crippen LogP contribution < -0.4 is 10.6 Å². The van der Waals surface area contributed by atoms with Gasteiger partial charge < -0.3 is 5.32 Å². The second-order valence-corrected chi connectivity index (χ2v) is 5.76. The number of hydrogen-bond donors (Lipinski definition) is 2. The van der Waals surface area contributed by atoms with E-state index in [4.69, 9.17) is 12.2 Å². The number of rotatable bonds is 2. The summed E-state index contributed by atoms with van der Waals surface area (Å²) in [6.45, 7) is 1.86. The molecule has 19 heavy (non-hydrogen) atoms. The SMILES string of the molecule is Cc1ccccc1C(=O)NC(=S)N[C@@H]1CCSC1=O. The Morgan fingerprint density at radius 2 is 2.16 bits per heavy atom. The van der Waals surface area contributed by atoms with Crippen molar-refractivity contribution in [2.24, 2.45) is 0 Å². The van der Waals surface area contributed by atoms with E-state index in [-0.39, 0.29) is 22.2 Å². The van der Waals surface area contributed by atoms with Crippen molar-refractivity contribution < 1.29 is 9.59 Å². The molecule has 1 aromatic rings. The number of aryl methyl sites for hydroxylation is 1. The van der Waals surface area contributed by atoms with Gasteiger partial charge in [0.15, 0.2) is 5.11 Å². The summed E-state index contributed by atoms with van der Waals surface area (Å²) in [6.07, 6.45) is 0.740. The van der Waals surface area contributed by atoms with Gasteiger partial charge in [-0.25, -0.2) is 0 Å². The Labute approximate surface area is 121 Å². The monoisotopic (exact) mass is 294 g/mol. The first-order chi connectivity index (χ1) is 9.08. The molecule has 1 aliphatic heterocycles. The summed E-state index contributed by atoms with van der Waals surface area (Å²) in [4.78, 5) is 23.5. The van der Waals surface area contributed by atoms with Crippen LogP contribution in [-0.2, 0) is 4.79 Å². The van der Waals surface area contributed by atoms with Gasteiger partial charge in [0.2, 0.25) is 5.12 Å². The number of benzene rings is 1. The highest BCUT2D eigenvalue weighted by Gasteiger charge is 2.26. The summed E-state index contributed by atoms with van der Waals surface area (Å²) in [5.41, 5.74) is 1.47. The number of hydrogen-bond acceptors (Lipinski definition) is 4. The van der Waals surface area contributed by atoms with E-state index < -0.39 is 0 Å². The molecule has 0 unspecified atom stereocenters. The summed E-state index contributed by atoms with van der Waals surface area (Å²) in [5, 5.41) is 5.76. The number of carbonyl (C=O) groups is 2. The first-order valence-corrected chi connectivity index (χ1v) is 7.31. The molecule has 6 heteroatoms. The maximum absolute atomic E-state index is 12.0. The zero-order valence-electron chi connectivity index (χ0n) is 10.4. The molecule has 1 atom stereocenters. The van der Waals surface area contributed by atoms with Gasteiger partial charge in [0.1, 0.15) is 0 Å². The summed E-state index contributed by atoms with van der Waals surface area (Å²) < 4.78 is 0. The van der Waals surface area contributed by atoms with Gasteiger partial charge in [0, 0.05) is 11.3 Å². The number of thioether (sulfide) groups is 1. The minimum Gasteiger partial charge on any atom is -0.352 e. The van der Waals surface area contributed by atoms with Crippen LogP contribution in [0.3, 0.4) is 0 Å². The van der Waals surface area contributed by atoms with Gasteiger partial charge in [-0.2, -0.15) is 0 Å². The largest absolute Gasteiger partial charge is 0.352 e. The molecule has 2 rings (SSSR count). The lowest BCUT2D eigenvalue weighted by Crippen LogP contribution is -2.45. The first kappa shape index (κ1) is 14.0. The maximum Gasteiger partial charge on any atom is 0.257 e. The van der Waals surface area contributed by atoms with Crippen molar-refractivity contribution in [2.75, 3.05) is 5.75 Å². The van der Waals surface area contributed by atoms with Gasteiger partial charge in [-0.3, -0.25) is 14.9 Å². The minimum absolute atomic E-state index is 0.0764. The summed E-state index contributed by atoms with van der Waals surface area (Å²) in [5.74, 6) is 0.541. The van der Waals surface area contributed by atoms with E-state index in [2.05, 4.69) is 10.6 Å². The van der Waals surface area contributed by atoms with E-state index in [1.165, 1.54) is 11.8 Å². The highest BCUT2D eigenvalue weighted by molar-refractivity contribution is 8.14. The molecule has 4 nitrogen and oxygen atoms in total. The molecular formula is C13H14N2O2S2. The van der Waals surface area contributed by atoms with E-state index in [9.17, 15) is 9.59 Å². The number of thiocarbonyl (C=S) groups is 1. The Hall–Kier alpha value is -1.40. The zero-order valence-corrected chi connectivity index (χ0v) is 12.1. The van der Waals surface area contributed by atoms with Crippen molar-refractivity contribution in [2.45, 2.75) is 19.4 Å². The molecule has 100 valence electrons. The quantitative estimate of drug-likeness (QED) is 0.812. The van der Waals surface area contributed by atoms with Crippen molar-refractivity contribution in [3.05, 3.63) is 35.4 Å². The van der Waals surface area contributed by atoms with Crippen molar-refractivity contribution >= 4 is 40.1 Å². The Morgan fingerprint density at radius 1 is 1.42 bits per heavy atom. The third kappa shape index (κ3) is 3.54. The molecular weight excluding hydrogens is 280 g/mol. The van der Waals surface area contributed by atoms with Gasteiger partial charge in [-0.15, -0.1) is 0 Å². The van der Waals surface area contributed by atoms with Gasteiger partial charge in [0.25, 0.3) is 5.91 Å². The Kier molecular flexibility index (Phi) is 4.55. The lowest BCUT2D eigenvalue weighted by molar-refractivity contribution is -0.111. The number of nitrogens with one attached hydrogen (secondary N) is 2. The van der Waals surface area contributed by atoms with Crippen LogP contribution in [0, 0.1) is 6.92 Å². The third-order valence-corrected chi connectivity index (χ3v) is 4.09. The van der Waals surface area contributed by atoms with Gasteiger partial charge in [-0.1, -0.05) is 30.0 Å². The number of carbonyl (C=O) groups excluding carboxylic acids is 2. The minimum atomic E-state index is -0.283. The van der Waals surface area contributed by atoms with E-state index >= 15 is 0 Å². The highest BCUT2D eigenvalue weighted by atomic mass is 32.2. The van der Waals surface area contributed by atoms with Crippen molar-refractivity contribution in [3.63, 3.8) is 0 Å². The topological polar surface area (TPSA) is 58.2 Å². The van der Waals surface area contributed by atoms with Crippen LogP contribution in [0.15, 0.2) is 24.3 Å². The fraction of sp³-hybridized carbons (Fsp3) is 0.308. The molecule has 0 aromatic heterocycles. The van der Waals surface area contributed by atoms with E-state index in [0.717, 1.165) is 17.7 Å². The van der Waals surface area contributed by atoms with Crippen LogP contribution in [0.25, 0.3) is 0 Å². The molecule has 2 N–H and O–H groups in total. The fourth-order valence-corrected chi connectivity index (χ4v) is 2.99. The Morgan fingerprint density at radius 3 is 2.79 bits per heavy atom. The summed E-state index contributed by atoms with van der Waals surface area (Å²) in [7, 11) is 0. The van der Waals surface area contributed by atoms with E-state index in [0.29, 0.717) is 5.56 Å². The normalized spacial score (nSPS) is 18.2. The predicted octanol–water partition coefficient (Wildman–Crippen LogP) is 1.63. The maximum atomic E-state index is 12.0. The van der Waals surface area contributed by atoms with Crippen LogP contribution in [-0.4, -0.2) is 27.9 Å². The van der Waals surface area contributed by atoms with E-state index in [1.54, 1.807) is 12.1 Å². The molecule has 0 bridgehead atoms. The molecule has 1 aromatic carbocycles. The lowest BCUT2D eigenvalue weighted by atomic mass is 10.1. The molecule has 1 amide bonds. The Balaban J connectivity index is 1.94. The van der Waals surface area contributed by atoms with Gasteiger partial charge >= 0.3 is 0 Å². The number of amides is 1. The average molecular weight is 294 g/mol. The molecule has 1 saturated heterocycles. The van der Waals surface area contributed by atoms with Gasteiger partial charge in [0.05, 0.1) is 6.04 Å². The van der Waals surface area contributed by atoms with Crippen molar-refractivity contribution in [1.82, 2.24) is 10.6 Å². The van der Waals surface area contributed by atoms with Gasteiger partial charge in [-0.05, 0) is 37.2 Å². The summed E-state index contributed by atoms with van der Waals surface area (Å²) >= 11 is 6.35. The molecule has 1 aliphatic rings. The van der Waals surface area contributed by atoms with Crippen LogP contribution in [0.2, 0.25) is 0 Å². The van der Waals surface area contributed by atoms with E-state index in [1.807, 2.05) is 19.1 Å². The second kappa shape index (κ2) is 6.16. The molecule has 0 aliphatic carbocycles. The zero-order chi connectivity index (χ0) is 13.8. The van der Waals surface area contributed by atoms with Crippen molar-refractivity contribution in [1.29, 1.82) is 0 Å². The first-order valence-electron chi connectivity index (χ1n) is 5.92. The van der Waals surface area contributed by atoms with Crippen LogP contribution in [0.5, 0.6) is 0 Å². The van der Waals surface area contributed by atoms with Crippen LogP contribution >= 0.6 is 24.0 Å². The second-order valence-electron chi connectivity index (χ2n) is 4.25. The highest BCUT2D eigenvalue weighted by Crippen LogP contribution is 2.19. The molecule has 1 fully saturated rings. The standard InChI is InChI=1S/C13H14N2O2S2/c1-8-4-2-3-5-9(8)11(16)15-13(18)14-10-6-7-19-12(10)17/h2-5,10H,6-7H2,1H3,(H2,14,15,16,18)/t10-/m1/s1. The third-order valence-electron chi connectivity index (χ3n) is 2.86. The smallest absolute Gasteiger partial charge is 0.257 e. The predicted molar refractivity (Wildman–Crippen MR) is 80.2 cm³/mol. The molecule has 0 saturated carbocycles. The fourth-order valence-electron chi connectivity index (χ4n) is 1.82. The molecule has 1 heterocycles.